The number of carbonyl (C=O) groups is 2. The Balaban J connectivity index is 2.57. The Labute approximate surface area is 103 Å². The van der Waals surface area contributed by atoms with E-state index in [1.807, 2.05) is 7.05 Å². The zero-order valence-corrected chi connectivity index (χ0v) is 10.7. The third-order valence-corrected chi connectivity index (χ3v) is 3.01. The fourth-order valence-corrected chi connectivity index (χ4v) is 2.02. The van der Waals surface area contributed by atoms with Crippen LogP contribution in [0.5, 0.6) is 0 Å². The largest absolute Gasteiger partial charge is 0.316 e. The highest BCUT2D eigenvalue weighted by Crippen LogP contribution is 2.07. The molecular weight excluding hydrogens is 216 g/mol. The standard InChI is InChI=1S/C13H22N2O2/c1-10(16)7-12-6-4-3-5-11(14-2)8-13(17)9-15-12/h3-4,11-12,14-15H,5-9H2,1-2H3/t11-,12-/m1/s1. The minimum atomic E-state index is 0.0961. The van der Waals surface area contributed by atoms with Gasteiger partial charge in [-0.1, -0.05) is 12.2 Å². The van der Waals surface area contributed by atoms with E-state index >= 15 is 0 Å². The summed E-state index contributed by atoms with van der Waals surface area (Å²) in [4.78, 5) is 22.8. The van der Waals surface area contributed by atoms with E-state index in [0.29, 0.717) is 19.4 Å². The second-order valence-corrected chi connectivity index (χ2v) is 4.66. The molecule has 17 heavy (non-hydrogen) atoms. The van der Waals surface area contributed by atoms with Gasteiger partial charge in [0.15, 0.2) is 0 Å². The fourth-order valence-electron chi connectivity index (χ4n) is 2.02. The molecule has 0 aromatic carbocycles. The minimum absolute atomic E-state index is 0.0961. The molecule has 1 aliphatic heterocycles. The van der Waals surface area contributed by atoms with Gasteiger partial charge in [-0.2, -0.15) is 0 Å². The number of Topliss-reactive ketones (excluding diaryl/α,β-unsaturated/α-hetero) is 2. The van der Waals surface area contributed by atoms with Crippen LogP contribution in [0.4, 0.5) is 0 Å². The number of hydrogen-bond acceptors (Lipinski definition) is 4. The van der Waals surface area contributed by atoms with Crippen molar-refractivity contribution in [2.75, 3.05) is 13.6 Å². The van der Waals surface area contributed by atoms with Crippen LogP contribution in [0.3, 0.4) is 0 Å². The lowest BCUT2D eigenvalue weighted by Crippen LogP contribution is -2.38. The second-order valence-electron chi connectivity index (χ2n) is 4.66. The van der Waals surface area contributed by atoms with Crippen LogP contribution in [0, 0.1) is 0 Å². The minimum Gasteiger partial charge on any atom is -0.316 e. The fraction of sp³-hybridized carbons (Fsp3) is 0.692. The van der Waals surface area contributed by atoms with E-state index in [9.17, 15) is 9.59 Å². The molecule has 4 nitrogen and oxygen atoms in total. The van der Waals surface area contributed by atoms with Crippen molar-refractivity contribution in [3.05, 3.63) is 12.2 Å². The van der Waals surface area contributed by atoms with Crippen LogP contribution in [-0.2, 0) is 9.59 Å². The molecule has 0 spiro atoms. The molecule has 1 heterocycles. The lowest BCUT2D eigenvalue weighted by Gasteiger charge is -2.19. The third-order valence-electron chi connectivity index (χ3n) is 3.01. The van der Waals surface area contributed by atoms with Crippen molar-refractivity contribution < 1.29 is 9.59 Å². The molecule has 4 heteroatoms. The molecule has 0 fully saturated rings. The summed E-state index contributed by atoms with van der Waals surface area (Å²) < 4.78 is 0. The van der Waals surface area contributed by atoms with Crippen molar-refractivity contribution >= 4 is 11.6 Å². The van der Waals surface area contributed by atoms with Gasteiger partial charge in [-0.05, 0) is 26.8 Å². The molecule has 2 N–H and O–H groups in total. The summed E-state index contributed by atoms with van der Waals surface area (Å²) in [5.41, 5.74) is 0. The average molecular weight is 238 g/mol. The Kier molecular flexibility index (Phi) is 6.08. The van der Waals surface area contributed by atoms with E-state index in [1.54, 1.807) is 6.92 Å². The smallest absolute Gasteiger partial charge is 0.148 e. The van der Waals surface area contributed by atoms with E-state index in [4.69, 9.17) is 0 Å². The van der Waals surface area contributed by atoms with Crippen molar-refractivity contribution in [3.8, 4) is 0 Å². The van der Waals surface area contributed by atoms with Gasteiger partial charge in [-0.3, -0.25) is 9.59 Å². The monoisotopic (exact) mass is 238 g/mol. The molecule has 0 bridgehead atoms. The second kappa shape index (κ2) is 7.35. The van der Waals surface area contributed by atoms with E-state index in [-0.39, 0.29) is 23.7 Å². The molecule has 0 radical (unpaired) electrons. The topological polar surface area (TPSA) is 58.2 Å². The highest BCUT2D eigenvalue weighted by atomic mass is 16.1. The van der Waals surface area contributed by atoms with Crippen molar-refractivity contribution in [2.24, 2.45) is 0 Å². The van der Waals surface area contributed by atoms with Crippen LogP contribution in [0.25, 0.3) is 0 Å². The summed E-state index contributed by atoms with van der Waals surface area (Å²) in [6, 6.07) is 0.323. The summed E-state index contributed by atoms with van der Waals surface area (Å²) in [6.07, 6.45) is 6.90. The van der Waals surface area contributed by atoms with Crippen LogP contribution >= 0.6 is 0 Å². The van der Waals surface area contributed by atoms with Gasteiger partial charge in [0.05, 0.1) is 6.54 Å². The quantitative estimate of drug-likeness (QED) is 0.715. The lowest BCUT2D eigenvalue weighted by molar-refractivity contribution is -0.120. The van der Waals surface area contributed by atoms with Crippen LogP contribution in [0.15, 0.2) is 12.2 Å². The third kappa shape index (κ3) is 5.75. The molecule has 0 saturated heterocycles. The molecule has 2 atom stereocenters. The Morgan fingerprint density at radius 2 is 2.18 bits per heavy atom. The SMILES string of the molecule is CN[C@@H]1CC=CC[C@H](CC(C)=O)NCC(=O)C1. The number of hydrogen-bond donors (Lipinski definition) is 2. The molecular formula is C13H22N2O2. The Bertz CT molecular complexity index is 300. The first-order valence-corrected chi connectivity index (χ1v) is 6.18. The predicted molar refractivity (Wildman–Crippen MR) is 67.9 cm³/mol. The summed E-state index contributed by atoms with van der Waals surface area (Å²) in [5.74, 6) is 0.363. The normalized spacial score (nSPS) is 26.8. The first kappa shape index (κ1) is 14.1. The van der Waals surface area contributed by atoms with Crippen molar-refractivity contribution in [3.63, 3.8) is 0 Å². The van der Waals surface area contributed by atoms with E-state index in [0.717, 1.165) is 12.8 Å². The van der Waals surface area contributed by atoms with E-state index < -0.39 is 0 Å². The number of rotatable bonds is 3. The molecule has 0 aliphatic carbocycles. The highest BCUT2D eigenvalue weighted by molar-refractivity contribution is 5.81. The Morgan fingerprint density at radius 1 is 1.47 bits per heavy atom. The highest BCUT2D eigenvalue weighted by Gasteiger charge is 2.15. The van der Waals surface area contributed by atoms with Crippen LogP contribution in [0.1, 0.15) is 32.6 Å². The van der Waals surface area contributed by atoms with Gasteiger partial charge in [0.1, 0.15) is 11.6 Å². The van der Waals surface area contributed by atoms with Gasteiger partial charge in [-0.15, -0.1) is 0 Å². The van der Waals surface area contributed by atoms with Gasteiger partial charge in [0, 0.05) is 24.9 Å². The Hall–Kier alpha value is -1.00. The van der Waals surface area contributed by atoms with Crippen molar-refractivity contribution in [1.29, 1.82) is 0 Å². The van der Waals surface area contributed by atoms with Crippen LogP contribution < -0.4 is 10.6 Å². The molecule has 0 unspecified atom stereocenters. The van der Waals surface area contributed by atoms with Gasteiger partial charge < -0.3 is 10.6 Å². The summed E-state index contributed by atoms with van der Waals surface area (Å²) in [7, 11) is 1.88. The van der Waals surface area contributed by atoms with Crippen molar-refractivity contribution in [2.45, 2.75) is 44.7 Å². The van der Waals surface area contributed by atoms with Crippen LogP contribution in [0.2, 0.25) is 0 Å². The molecule has 96 valence electrons. The molecule has 0 aromatic rings. The number of nitrogens with one attached hydrogen (secondary N) is 2. The van der Waals surface area contributed by atoms with E-state index in [2.05, 4.69) is 22.8 Å². The first-order chi connectivity index (χ1) is 8.11. The maximum atomic E-state index is 11.7. The van der Waals surface area contributed by atoms with Gasteiger partial charge in [0.2, 0.25) is 0 Å². The number of ketones is 2. The average Bonchev–Trinajstić information content (AvgIpc) is 2.28. The molecule has 0 amide bonds. The van der Waals surface area contributed by atoms with Gasteiger partial charge in [-0.25, -0.2) is 0 Å². The maximum Gasteiger partial charge on any atom is 0.148 e. The summed E-state index contributed by atoms with van der Waals surface area (Å²) in [5, 5.41) is 6.31. The zero-order chi connectivity index (χ0) is 12.7. The van der Waals surface area contributed by atoms with Gasteiger partial charge >= 0.3 is 0 Å². The molecule has 1 rings (SSSR count). The zero-order valence-electron chi connectivity index (χ0n) is 10.7. The molecule has 1 aliphatic rings. The maximum absolute atomic E-state index is 11.7. The molecule has 0 aromatic heterocycles. The van der Waals surface area contributed by atoms with Gasteiger partial charge in [0.25, 0.3) is 0 Å². The summed E-state index contributed by atoms with van der Waals surface area (Å²) >= 11 is 0. The van der Waals surface area contributed by atoms with Crippen molar-refractivity contribution in [1.82, 2.24) is 10.6 Å². The predicted octanol–water partition coefficient (Wildman–Crippen LogP) is 0.821. The Morgan fingerprint density at radius 3 is 2.82 bits per heavy atom. The molecule has 0 saturated carbocycles. The summed E-state index contributed by atoms with van der Waals surface area (Å²) in [6.45, 7) is 1.95. The first-order valence-electron chi connectivity index (χ1n) is 6.18. The van der Waals surface area contributed by atoms with E-state index in [1.165, 1.54) is 0 Å². The van der Waals surface area contributed by atoms with Crippen LogP contribution in [-0.4, -0.2) is 37.2 Å². The lowest BCUT2D eigenvalue weighted by atomic mass is 10.0. The number of carbonyl (C=O) groups excluding carboxylic acids is 2.